The van der Waals surface area contributed by atoms with Gasteiger partial charge in [-0.2, -0.15) is 4.39 Å². The van der Waals surface area contributed by atoms with Crippen molar-refractivity contribution in [2.75, 3.05) is 26.2 Å². The fraction of sp³-hybridized carbons (Fsp3) is 0.500. The highest BCUT2D eigenvalue weighted by atomic mass is 35.5. The van der Waals surface area contributed by atoms with Crippen LogP contribution in [-0.4, -0.2) is 41.2 Å². The van der Waals surface area contributed by atoms with E-state index in [0.717, 1.165) is 12.1 Å². The molecule has 0 heterocycles. The maximum Gasteiger partial charge on any atom is 0.305 e. The monoisotopic (exact) mass is 290 g/mol. The summed E-state index contributed by atoms with van der Waals surface area (Å²) >= 11 is 6.18. The van der Waals surface area contributed by atoms with Crippen molar-refractivity contribution in [2.45, 2.75) is 12.3 Å². The first-order chi connectivity index (χ1) is 8.99. The molecule has 0 aliphatic heterocycles. The molecule has 5 nitrogen and oxygen atoms in total. The largest absolute Gasteiger partial charge is 0.395 e. The van der Waals surface area contributed by atoms with Crippen LogP contribution >= 0.6 is 11.6 Å². The molecule has 0 aliphatic rings. The zero-order chi connectivity index (χ0) is 14.4. The summed E-state index contributed by atoms with van der Waals surface area (Å²) in [5, 5.41) is 19.0. The standard InChI is InChI=1S/C12H16ClFN2O3/c1-2-15(5-6-17)8-10(13)9-3-4-11(14)12(7-9)16(18)19/h3-4,7,10,17H,2,5-6,8H2,1H3. The Kier molecular flexibility index (Phi) is 6.14. The first-order valence-corrected chi connectivity index (χ1v) is 6.34. The number of hydrogen-bond acceptors (Lipinski definition) is 4. The van der Waals surface area contributed by atoms with Crippen molar-refractivity contribution in [3.05, 3.63) is 39.7 Å². The highest BCUT2D eigenvalue weighted by Crippen LogP contribution is 2.27. The van der Waals surface area contributed by atoms with Crippen LogP contribution in [0, 0.1) is 15.9 Å². The molecule has 1 rings (SSSR count). The van der Waals surface area contributed by atoms with Gasteiger partial charge in [-0.25, -0.2) is 0 Å². The molecule has 1 atom stereocenters. The van der Waals surface area contributed by atoms with Crippen LogP contribution in [-0.2, 0) is 0 Å². The minimum absolute atomic E-state index is 0.0149. The lowest BCUT2D eigenvalue weighted by atomic mass is 10.1. The van der Waals surface area contributed by atoms with Crippen LogP contribution in [0.2, 0.25) is 0 Å². The zero-order valence-corrected chi connectivity index (χ0v) is 11.3. The number of halogens is 2. The molecular weight excluding hydrogens is 275 g/mol. The fourth-order valence-electron chi connectivity index (χ4n) is 1.72. The second-order valence-corrected chi connectivity index (χ2v) is 4.58. The summed E-state index contributed by atoms with van der Waals surface area (Å²) in [4.78, 5) is 11.8. The number of rotatable bonds is 7. The number of likely N-dealkylation sites (N-methyl/N-ethyl adjacent to an activating group) is 1. The molecule has 106 valence electrons. The maximum atomic E-state index is 13.2. The Morgan fingerprint density at radius 2 is 2.26 bits per heavy atom. The van der Waals surface area contributed by atoms with Crippen LogP contribution in [0.5, 0.6) is 0 Å². The third kappa shape index (κ3) is 4.41. The van der Waals surface area contributed by atoms with Crippen molar-refractivity contribution in [1.82, 2.24) is 4.90 Å². The van der Waals surface area contributed by atoms with Gasteiger partial charge in [0.15, 0.2) is 0 Å². The van der Waals surface area contributed by atoms with E-state index in [0.29, 0.717) is 25.2 Å². The Morgan fingerprint density at radius 1 is 1.58 bits per heavy atom. The van der Waals surface area contributed by atoms with E-state index >= 15 is 0 Å². The predicted molar refractivity (Wildman–Crippen MR) is 70.8 cm³/mol. The van der Waals surface area contributed by atoms with E-state index < -0.39 is 21.8 Å². The molecule has 19 heavy (non-hydrogen) atoms. The number of benzene rings is 1. The first-order valence-electron chi connectivity index (χ1n) is 5.90. The third-order valence-corrected chi connectivity index (χ3v) is 3.20. The Balaban J connectivity index is 2.84. The van der Waals surface area contributed by atoms with Crippen LogP contribution < -0.4 is 0 Å². The molecule has 1 N–H and O–H groups in total. The summed E-state index contributed by atoms with van der Waals surface area (Å²) in [6.45, 7) is 3.55. The summed E-state index contributed by atoms with van der Waals surface area (Å²) in [6.07, 6.45) is 0. The molecule has 0 aromatic heterocycles. The second kappa shape index (κ2) is 7.37. The third-order valence-electron chi connectivity index (χ3n) is 2.81. The summed E-state index contributed by atoms with van der Waals surface area (Å²) in [5.41, 5.74) is -0.0838. The van der Waals surface area contributed by atoms with E-state index in [9.17, 15) is 14.5 Å². The molecule has 0 radical (unpaired) electrons. The van der Waals surface area contributed by atoms with Crippen molar-refractivity contribution in [2.24, 2.45) is 0 Å². The average Bonchev–Trinajstić information content (AvgIpc) is 2.38. The van der Waals surface area contributed by atoms with Gasteiger partial charge in [-0.15, -0.1) is 11.6 Å². The minimum Gasteiger partial charge on any atom is -0.395 e. The van der Waals surface area contributed by atoms with Crippen molar-refractivity contribution in [3.63, 3.8) is 0 Å². The Hall–Kier alpha value is -1.24. The van der Waals surface area contributed by atoms with E-state index in [-0.39, 0.29) is 6.61 Å². The normalized spacial score (nSPS) is 12.7. The summed E-state index contributed by atoms with van der Waals surface area (Å²) in [5.74, 6) is -0.875. The van der Waals surface area contributed by atoms with Gasteiger partial charge in [-0.05, 0) is 18.2 Å². The average molecular weight is 291 g/mol. The van der Waals surface area contributed by atoms with E-state index in [4.69, 9.17) is 16.7 Å². The topological polar surface area (TPSA) is 66.6 Å². The van der Waals surface area contributed by atoms with Crippen molar-refractivity contribution in [1.29, 1.82) is 0 Å². The molecular formula is C12H16ClFN2O3. The van der Waals surface area contributed by atoms with Gasteiger partial charge in [0.25, 0.3) is 0 Å². The van der Waals surface area contributed by atoms with E-state index in [1.165, 1.54) is 6.07 Å². The Labute approximate surface area is 115 Å². The van der Waals surface area contributed by atoms with Crippen molar-refractivity contribution < 1.29 is 14.4 Å². The van der Waals surface area contributed by atoms with Gasteiger partial charge in [-0.1, -0.05) is 13.0 Å². The minimum atomic E-state index is -0.875. The van der Waals surface area contributed by atoms with Gasteiger partial charge in [-0.3, -0.25) is 15.0 Å². The van der Waals surface area contributed by atoms with Gasteiger partial charge in [0, 0.05) is 19.2 Å². The number of nitro groups is 1. The van der Waals surface area contributed by atoms with Gasteiger partial charge in [0.1, 0.15) is 0 Å². The highest BCUT2D eigenvalue weighted by molar-refractivity contribution is 6.21. The molecule has 0 aliphatic carbocycles. The van der Waals surface area contributed by atoms with E-state index in [1.807, 2.05) is 11.8 Å². The van der Waals surface area contributed by atoms with Crippen molar-refractivity contribution >= 4 is 17.3 Å². The van der Waals surface area contributed by atoms with Crippen LogP contribution in [0.4, 0.5) is 10.1 Å². The molecule has 1 aromatic rings. The fourth-order valence-corrected chi connectivity index (χ4v) is 2.05. The summed E-state index contributed by atoms with van der Waals surface area (Å²) in [7, 11) is 0. The number of nitrogens with zero attached hydrogens (tertiary/aromatic N) is 2. The maximum absolute atomic E-state index is 13.2. The van der Waals surface area contributed by atoms with Gasteiger partial charge >= 0.3 is 5.69 Å². The van der Waals surface area contributed by atoms with Gasteiger partial charge in [0.2, 0.25) is 5.82 Å². The number of nitro benzene ring substituents is 1. The summed E-state index contributed by atoms with van der Waals surface area (Å²) < 4.78 is 13.2. The molecule has 0 amide bonds. The highest BCUT2D eigenvalue weighted by Gasteiger charge is 2.19. The van der Waals surface area contributed by atoms with Crippen LogP contribution in [0.15, 0.2) is 18.2 Å². The molecule has 0 saturated heterocycles. The molecule has 0 saturated carbocycles. The number of aliphatic hydroxyl groups is 1. The molecule has 1 unspecified atom stereocenters. The van der Waals surface area contributed by atoms with Crippen LogP contribution in [0.25, 0.3) is 0 Å². The Morgan fingerprint density at radius 3 is 2.79 bits per heavy atom. The Bertz CT molecular complexity index is 445. The second-order valence-electron chi connectivity index (χ2n) is 4.05. The lowest BCUT2D eigenvalue weighted by Crippen LogP contribution is -2.29. The SMILES string of the molecule is CCN(CCO)CC(Cl)c1ccc(F)c([N+](=O)[O-])c1. The predicted octanol–water partition coefficient (Wildman–Crippen LogP) is 2.33. The van der Waals surface area contributed by atoms with Crippen LogP contribution in [0.1, 0.15) is 17.9 Å². The lowest BCUT2D eigenvalue weighted by molar-refractivity contribution is -0.387. The smallest absolute Gasteiger partial charge is 0.305 e. The molecule has 1 aromatic carbocycles. The van der Waals surface area contributed by atoms with E-state index in [1.54, 1.807) is 0 Å². The first kappa shape index (κ1) is 15.8. The molecule has 0 fully saturated rings. The number of aliphatic hydroxyl groups excluding tert-OH is 1. The molecule has 0 spiro atoms. The number of hydrogen-bond donors (Lipinski definition) is 1. The van der Waals surface area contributed by atoms with Gasteiger partial charge in [0.05, 0.1) is 16.9 Å². The summed E-state index contributed by atoms with van der Waals surface area (Å²) in [6, 6.07) is 3.64. The lowest BCUT2D eigenvalue weighted by Gasteiger charge is -2.22. The quantitative estimate of drug-likeness (QED) is 0.475. The van der Waals surface area contributed by atoms with Crippen LogP contribution in [0.3, 0.4) is 0 Å². The zero-order valence-electron chi connectivity index (χ0n) is 10.6. The van der Waals surface area contributed by atoms with Crippen molar-refractivity contribution in [3.8, 4) is 0 Å². The molecule has 0 bridgehead atoms. The van der Waals surface area contributed by atoms with Gasteiger partial charge < -0.3 is 5.11 Å². The van der Waals surface area contributed by atoms with E-state index in [2.05, 4.69) is 0 Å². The molecule has 7 heteroatoms. The number of alkyl halides is 1.